The maximum Gasteiger partial charge on any atom is 0.344 e. The summed E-state index contributed by atoms with van der Waals surface area (Å²) in [4.78, 5) is 35.2. The maximum atomic E-state index is 13.7. The van der Waals surface area contributed by atoms with E-state index in [9.17, 15) is 28.3 Å². The molecule has 4 bridgehead atoms. The normalized spacial score (nSPS) is 33.0. The molecule has 0 aliphatic heterocycles. The molecule has 1 atom stereocenters. The lowest BCUT2D eigenvalue weighted by molar-refractivity contribution is -0.337. The van der Waals surface area contributed by atoms with Crippen molar-refractivity contribution >= 4 is 17.9 Å². The first-order chi connectivity index (χ1) is 12.5. The van der Waals surface area contributed by atoms with Crippen LogP contribution in [-0.2, 0) is 23.9 Å². The molecule has 6 nitrogen and oxygen atoms in total. The first-order valence-corrected chi connectivity index (χ1v) is 9.49. The number of rotatable bonds is 7. The first kappa shape index (κ1) is 20.0. The standard InChI is InChI=1S/C19H26F2O6/c1-10(2)15(19(20,21)16(23)24)27-14(22)9-26-17(25)18-6-11-3-12(7-18)5-13(4-11)8-18/h10-13,15H,3-9H2,1-2H3,(H,23,24)/p-1. The Morgan fingerprint density at radius 2 is 1.56 bits per heavy atom. The van der Waals surface area contributed by atoms with Crippen molar-refractivity contribution in [3.8, 4) is 0 Å². The van der Waals surface area contributed by atoms with E-state index in [0.717, 1.165) is 38.5 Å². The lowest BCUT2D eigenvalue weighted by Gasteiger charge is -2.55. The number of carboxylic acid groups (broad SMARTS) is 1. The smallest absolute Gasteiger partial charge is 0.344 e. The van der Waals surface area contributed by atoms with Crippen LogP contribution in [0.2, 0.25) is 0 Å². The van der Waals surface area contributed by atoms with Gasteiger partial charge in [0.1, 0.15) is 5.97 Å². The van der Waals surface area contributed by atoms with Crippen molar-refractivity contribution < 1.29 is 37.7 Å². The minimum atomic E-state index is -4.33. The molecule has 0 spiro atoms. The number of hydrogen-bond acceptors (Lipinski definition) is 6. The molecule has 4 rings (SSSR count). The summed E-state index contributed by atoms with van der Waals surface area (Å²) >= 11 is 0. The van der Waals surface area contributed by atoms with Crippen LogP contribution in [0.5, 0.6) is 0 Å². The topological polar surface area (TPSA) is 92.7 Å². The van der Waals surface area contributed by atoms with Crippen LogP contribution in [0.4, 0.5) is 8.78 Å². The largest absolute Gasteiger partial charge is 0.544 e. The molecule has 4 fully saturated rings. The van der Waals surface area contributed by atoms with Gasteiger partial charge in [0.2, 0.25) is 0 Å². The van der Waals surface area contributed by atoms with Crippen molar-refractivity contribution in [3.63, 3.8) is 0 Å². The monoisotopic (exact) mass is 387 g/mol. The minimum Gasteiger partial charge on any atom is -0.544 e. The van der Waals surface area contributed by atoms with Gasteiger partial charge < -0.3 is 19.4 Å². The fourth-order valence-corrected chi connectivity index (χ4v) is 5.56. The van der Waals surface area contributed by atoms with Crippen molar-refractivity contribution in [3.05, 3.63) is 0 Å². The van der Waals surface area contributed by atoms with Crippen molar-refractivity contribution in [2.45, 2.75) is 64.4 Å². The Morgan fingerprint density at radius 3 is 1.96 bits per heavy atom. The third kappa shape index (κ3) is 3.80. The lowest BCUT2D eigenvalue weighted by atomic mass is 9.49. The van der Waals surface area contributed by atoms with Crippen molar-refractivity contribution in [2.24, 2.45) is 29.1 Å². The van der Waals surface area contributed by atoms with Gasteiger partial charge in [0, 0.05) is 0 Å². The van der Waals surface area contributed by atoms with E-state index in [-0.39, 0.29) is 0 Å². The summed E-state index contributed by atoms with van der Waals surface area (Å²) in [5, 5.41) is 10.6. The highest BCUT2D eigenvalue weighted by Gasteiger charge is 2.55. The van der Waals surface area contributed by atoms with Gasteiger partial charge in [0.05, 0.1) is 5.41 Å². The molecular weight excluding hydrogens is 362 g/mol. The van der Waals surface area contributed by atoms with E-state index in [1.54, 1.807) is 0 Å². The number of alkyl halides is 2. The van der Waals surface area contributed by atoms with E-state index in [1.165, 1.54) is 13.8 Å². The second-order valence-corrected chi connectivity index (χ2v) is 8.84. The zero-order chi connectivity index (χ0) is 20.0. The zero-order valence-electron chi connectivity index (χ0n) is 15.5. The number of ether oxygens (including phenoxy) is 2. The van der Waals surface area contributed by atoms with Gasteiger partial charge >= 0.3 is 17.9 Å². The van der Waals surface area contributed by atoms with E-state index in [1.807, 2.05) is 0 Å². The molecule has 0 N–H and O–H groups in total. The molecular formula is C19H25F2O6-. The third-order valence-corrected chi connectivity index (χ3v) is 6.29. The molecule has 4 saturated carbocycles. The van der Waals surface area contributed by atoms with Gasteiger partial charge in [-0.2, -0.15) is 8.78 Å². The summed E-state index contributed by atoms with van der Waals surface area (Å²) in [6.07, 6.45) is 3.50. The Balaban J connectivity index is 1.57. The summed E-state index contributed by atoms with van der Waals surface area (Å²) in [6.45, 7) is 1.80. The highest BCUT2D eigenvalue weighted by molar-refractivity contribution is 5.81. The van der Waals surface area contributed by atoms with Crippen LogP contribution >= 0.6 is 0 Å². The number of hydrogen-bond donors (Lipinski definition) is 0. The molecule has 4 aliphatic carbocycles. The molecule has 27 heavy (non-hydrogen) atoms. The molecule has 1 unspecified atom stereocenters. The molecule has 0 aromatic carbocycles. The summed E-state index contributed by atoms with van der Waals surface area (Å²) < 4.78 is 37.1. The van der Waals surface area contributed by atoms with Crippen LogP contribution in [0, 0.1) is 29.1 Å². The molecule has 0 saturated heterocycles. The average molecular weight is 387 g/mol. The van der Waals surface area contributed by atoms with Crippen LogP contribution in [-0.4, -0.2) is 36.5 Å². The fourth-order valence-electron chi connectivity index (χ4n) is 5.56. The highest BCUT2D eigenvalue weighted by Crippen LogP contribution is 2.60. The van der Waals surface area contributed by atoms with Gasteiger partial charge in [-0.25, -0.2) is 4.79 Å². The number of carbonyl (C=O) groups is 3. The Labute approximate surface area is 156 Å². The van der Waals surface area contributed by atoms with Crippen LogP contribution in [0.1, 0.15) is 52.4 Å². The highest BCUT2D eigenvalue weighted by atomic mass is 19.3. The van der Waals surface area contributed by atoms with Gasteiger partial charge in [0.15, 0.2) is 12.7 Å². The second-order valence-electron chi connectivity index (χ2n) is 8.84. The van der Waals surface area contributed by atoms with Crippen molar-refractivity contribution in [1.82, 2.24) is 0 Å². The van der Waals surface area contributed by atoms with Crippen LogP contribution in [0.3, 0.4) is 0 Å². The van der Waals surface area contributed by atoms with E-state index >= 15 is 0 Å². The van der Waals surface area contributed by atoms with Gasteiger partial charge in [0.25, 0.3) is 0 Å². The molecule has 0 radical (unpaired) electrons. The van der Waals surface area contributed by atoms with Gasteiger partial charge in [-0.05, 0) is 62.2 Å². The molecule has 8 heteroatoms. The minimum absolute atomic E-state index is 0.466. The quantitative estimate of drug-likeness (QED) is 0.618. The summed E-state index contributed by atoms with van der Waals surface area (Å²) in [5.74, 6) is -8.00. The van der Waals surface area contributed by atoms with Gasteiger partial charge in [-0.3, -0.25) is 4.79 Å². The third-order valence-electron chi connectivity index (χ3n) is 6.29. The van der Waals surface area contributed by atoms with Crippen LogP contribution < -0.4 is 5.11 Å². The van der Waals surface area contributed by atoms with Crippen LogP contribution in [0.25, 0.3) is 0 Å². The fraction of sp³-hybridized carbons (Fsp3) is 0.842. The van der Waals surface area contributed by atoms with E-state index in [0.29, 0.717) is 17.8 Å². The summed E-state index contributed by atoms with van der Waals surface area (Å²) in [7, 11) is 0. The predicted molar refractivity (Wildman–Crippen MR) is 86.2 cm³/mol. The molecule has 0 aromatic rings. The van der Waals surface area contributed by atoms with Gasteiger partial charge in [-0.15, -0.1) is 0 Å². The molecule has 0 heterocycles. The predicted octanol–water partition coefficient (Wildman–Crippen LogP) is 1.70. The SMILES string of the molecule is CC(C)C(OC(=O)COC(=O)C12CC3CC(CC(C3)C1)C2)C(F)(F)C(=O)[O-]. The summed E-state index contributed by atoms with van der Waals surface area (Å²) in [5.41, 5.74) is -0.568. The molecule has 0 aromatic heterocycles. The Morgan fingerprint density at radius 1 is 1.07 bits per heavy atom. The first-order valence-electron chi connectivity index (χ1n) is 9.49. The number of aliphatic carboxylic acids is 1. The summed E-state index contributed by atoms with van der Waals surface area (Å²) in [6, 6.07) is 0. The van der Waals surface area contributed by atoms with Gasteiger partial charge in [-0.1, -0.05) is 13.8 Å². The number of carbonyl (C=O) groups excluding carboxylic acids is 3. The molecule has 0 amide bonds. The lowest BCUT2D eigenvalue weighted by Crippen LogP contribution is -2.53. The van der Waals surface area contributed by atoms with E-state index in [2.05, 4.69) is 4.74 Å². The second kappa shape index (κ2) is 7.02. The van der Waals surface area contributed by atoms with E-state index in [4.69, 9.17) is 4.74 Å². The van der Waals surface area contributed by atoms with Crippen molar-refractivity contribution in [2.75, 3.05) is 6.61 Å². The molecule has 152 valence electrons. The van der Waals surface area contributed by atoms with Crippen LogP contribution in [0.15, 0.2) is 0 Å². The Hall–Kier alpha value is -1.73. The Bertz CT molecular complexity index is 594. The average Bonchev–Trinajstić information content (AvgIpc) is 2.55. The number of esters is 2. The maximum absolute atomic E-state index is 13.7. The molecule has 4 aliphatic rings. The zero-order valence-corrected chi connectivity index (χ0v) is 15.5. The van der Waals surface area contributed by atoms with Crippen molar-refractivity contribution in [1.29, 1.82) is 0 Å². The Kier molecular flexibility index (Phi) is 5.20. The van der Waals surface area contributed by atoms with E-state index < -0.39 is 47.9 Å². The number of halogens is 2. The number of carboxylic acids is 1.